The molecule has 0 aromatic heterocycles. The van der Waals surface area contributed by atoms with Gasteiger partial charge in [0, 0.05) is 24.9 Å². The third-order valence-electron chi connectivity index (χ3n) is 5.58. The van der Waals surface area contributed by atoms with Crippen LogP contribution >= 0.6 is 0 Å². The van der Waals surface area contributed by atoms with Crippen LogP contribution in [0.1, 0.15) is 50.2 Å². The summed E-state index contributed by atoms with van der Waals surface area (Å²) in [6.45, 7) is 5.85. The minimum absolute atomic E-state index is 0.0950. The number of benzene rings is 2. The van der Waals surface area contributed by atoms with Gasteiger partial charge in [-0.15, -0.1) is 0 Å². The van der Waals surface area contributed by atoms with Gasteiger partial charge < -0.3 is 14.6 Å². The van der Waals surface area contributed by atoms with Crippen molar-refractivity contribution in [2.45, 2.75) is 44.6 Å². The van der Waals surface area contributed by atoms with Crippen molar-refractivity contribution in [3.8, 4) is 11.5 Å². The van der Waals surface area contributed by atoms with Crippen LogP contribution in [-0.2, 0) is 4.74 Å². The number of para-hydroxylation sites is 2. The molecule has 1 N–H and O–H groups in total. The molecule has 0 saturated carbocycles. The molecule has 0 aliphatic carbocycles. The maximum atomic E-state index is 9.91. The number of rotatable bonds is 7. The largest absolute Gasteiger partial charge is 0.507 e. The summed E-state index contributed by atoms with van der Waals surface area (Å²) < 4.78 is 11.6. The first-order valence-electron chi connectivity index (χ1n) is 10.0. The molecule has 0 unspecified atom stereocenters. The Kier molecular flexibility index (Phi) is 6.74. The molecule has 2 atom stereocenters. The average molecular weight is 382 g/mol. The van der Waals surface area contributed by atoms with E-state index in [1.165, 1.54) is 5.56 Å². The van der Waals surface area contributed by atoms with Crippen molar-refractivity contribution >= 4 is 6.21 Å². The van der Waals surface area contributed by atoms with Gasteiger partial charge in [-0.2, -0.15) is 0 Å². The van der Waals surface area contributed by atoms with Crippen molar-refractivity contribution in [1.29, 1.82) is 0 Å². The Morgan fingerprint density at radius 2 is 1.96 bits per heavy atom. The first-order valence-corrected chi connectivity index (χ1v) is 10.0. The lowest BCUT2D eigenvalue weighted by molar-refractivity contribution is -0.0771. The zero-order chi connectivity index (χ0) is 20.0. The summed E-state index contributed by atoms with van der Waals surface area (Å²) in [6, 6.07) is 15.6. The van der Waals surface area contributed by atoms with Crippen LogP contribution in [0.3, 0.4) is 0 Å². The van der Waals surface area contributed by atoms with Crippen molar-refractivity contribution in [2.75, 3.05) is 20.3 Å². The number of methoxy groups -OCH3 is 1. The van der Waals surface area contributed by atoms with Gasteiger partial charge in [-0.25, -0.2) is 0 Å². The van der Waals surface area contributed by atoms with Crippen LogP contribution in [0.2, 0.25) is 0 Å². The minimum atomic E-state index is -0.0950. The molecule has 0 amide bonds. The Balaban J connectivity index is 1.77. The normalized spacial score (nSPS) is 20.2. The monoisotopic (exact) mass is 381 g/mol. The molecular formula is C24H31NO3. The number of phenolic OH excluding ortho intramolecular Hbond substituents is 1. The van der Waals surface area contributed by atoms with E-state index in [9.17, 15) is 5.11 Å². The van der Waals surface area contributed by atoms with E-state index in [-0.39, 0.29) is 11.4 Å². The number of hydrogen-bond acceptors (Lipinski definition) is 4. The maximum absolute atomic E-state index is 9.91. The molecule has 4 heteroatoms. The maximum Gasteiger partial charge on any atom is 0.124 e. The van der Waals surface area contributed by atoms with Crippen LogP contribution in [-0.4, -0.2) is 37.2 Å². The molecule has 0 radical (unpaired) electrons. The molecule has 0 bridgehead atoms. The van der Waals surface area contributed by atoms with Gasteiger partial charge in [0.2, 0.25) is 0 Å². The Hall–Kier alpha value is -2.33. The highest BCUT2D eigenvalue weighted by molar-refractivity contribution is 5.83. The second kappa shape index (κ2) is 9.24. The van der Waals surface area contributed by atoms with Crippen molar-refractivity contribution in [2.24, 2.45) is 10.9 Å². The average Bonchev–Trinajstić information content (AvgIpc) is 2.68. The highest BCUT2D eigenvalue weighted by atomic mass is 16.5. The van der Waals surface area contributed by atoms with Gasteiger partial charge >= 0.3 is 0 Å². The second-order valence-corrected chi connectivity index (χ2v) is 8.09. The SMILES string of the molecule is COc1ccccc1[C@@H](CCN=Cc1ccccc1O)[C@@H]1CCOC(C)(C)C1. The quantitative estimate of drug-likeness (QED) is 0.671. The van der Waals surface area contributed by atoms with E-state index < -0.39 is 0 Å². The molecule has 4 nitrogen and oxygen atoms in total. The van der Waals surface area contributed by atoms with E-state index in [0.29, 0.717) is 18.4 Å². The van der Waals surface area contributed by atoms with Crippen molar-refractivity contribution in [3.05, 3.63) is 59.7 Å². The minimum Gasteiger partial charge on any atom is -0.507 e. The lowest BCUT2D eigenvalue weighted by Gasteiger charge is -2.39. The van der Waals surface area contributed by atoms with Crippen LogP contribution < -0.4 is 4.74 Å². The predicted octanol–water partition coefficient (Wildman–Crippen LogP) is 5.20. The predicted molar refractivity (Wildman–Crippen MR) is 114 cm³/mol. The fourth-order valence-corrected chi connectivity index (χ4v) is 4.21. The number of nitrogens with zero attached hydrogens (tertiary/aromatic N) is 1. The van der Waals surface area contributed by atoms with Crippen molar-refractivity contribution < 1.29 is 14.6 Å². The van der Waals surface area contributed by atoms with Gasteiger partial charge in [-0.3, -0.25) is 4.99 Å². The highest BCUT2D eigenvalue weighted by Crippen LogP contribution is 2.42. The third kappa shape index (κ3) is 5.14. The summed E-state index contributed by atoms with van der Waals surface area (Å²) in [7, 11) is 1.74. The Bertz CT molecular complexity index is 800. The number of phenols is 1. The van der Waals surface area contributed by atoms with Crippen LogP contribution in [0.5, 0.6) is 11.5 Å². The molecule has 150 valence electrons. The van der Waals surface area contributed by atoms with Crippen molar-refractivity contribution in [1.82, 2.24) is 0 Å². The first kappa shape index (κ1) is 20.4. The van der Waals surface area contributed by atoms with Crippen LogP contribution in [0.25, 0.3) is 0 Å². The highest BCUT2D eigenvalue weighted by Gasteiger charge is 2.34. The molecule has 1 heterocycles. The number of aromatic hydroxyl groups is 1. The second-order valence-electron chi connectivity index (χ2n) is 8.09. The third-order valence-corrected chi connectivity index (χ3v) is 5.58. The summed E-state index contributed by atoms with van der Waals surface area (Å²) >= 11 is 0. The molecule has 2 aromatic rings. The number of ether oxygens (including phenoxy) is 2. The zero-order valence-corrected chi connectivity index (χ0v) is 17.1. The molecule has 28 heavy (non-hydrogen) atoms. The van der Waals surface area contributed by atoms with E-state index in [4.69, 9.17) is 9.47 Å². The van der Waals surface area contributed by atoms with Crippen LogP contribution in [0.4, 0.5) is 0 Å². The fraction of sp³-hybridized carbons (Fsp3) is 0.458. The summed E-state index contributed by atoms with van der Waals surface area (Å²) in [6.07, 6.45) is 4.78. The van der Waals surface area contributed by atoms with Gasteiger partial charge in [0.05, 0.1) is 12.7 Å². The van der Waals surface area contributed by atoms with Crippen LogP contribution in [0.15, 0.2) is 53.5 Å². The lowest BCUT2D eigenvalue weighted by atomic mass is 9.75. The molecule has 1 fully saturated rings. The fourth-order valence-electron chi connectivity index (χ4n) is 4.21. The number of aliphatic imine (C=N–C) groups is 1. The van der Waals surface area contributed by atoms with Gasteiger partial charge in [-0.05, 0) is 68.7 Å². The molecular weight excluding hydrogens is 350 g/mol. The molecule has 1 saturated heterocycles. The topological polar surface area (TPSA) is 51.0 Å². The van der Waals surface area contributed by atoms with Crippen molar-refractivity contribution in [3.63, 3.8) is 0 Å². The summed E-state index contributed by atoms with van der Waals surface area (Å²) in [5, 5.41) is 9.91. The van der Waals surface area contributed by atoms with Gasteiger partial charge in [0.25, 0.3) is 0 Å². The first-order chi connectivity index (χ1) is 13.5. The smallest absolute Gasteiger partial charge is 0.124 e. The van der Waals surface area contributed by atoms with Gasteiger partial charge in [0.15, 0.2) is 0 Å². The van der Waals surface area contributed by atoms with E-state index >= 15 is 0 Å². The Morgan fingerprint density at radius 1 is 1.21 bits per heavy atom. The van der Waals surface area contributed by atoms with E-state index in [0.717, 1.165) is 37.2 Å². The zero-order valence-electron chi connectivity index (χ0n) is 17.1. The standard InChI is InChI=1S/C24H31NO3/c1-24(2)16-18(13-15-28-24)20(21-9-5-7-11-23(21)27-3)12-14-25-17-19-8-4-6-10-22(19)26/h4-11,17-18,20,26H,12-16H2,1-3H3/t18-,20+/m1/s1. The van der Waals surface area contributed by atoms with Crippen LogP contribution in [0, 0.1) is 5.92 Å². The van der Waals surface area contributed by atoms with E-state index in [2.05, 4.69) is 31.0 Å². The molecule has 3 rings (SSSR count). The summed E-state index contributed by atoms with van der Waals surface area (Å²) in [5.74, 6) is 2.10. The molecule has 1 aliphatic rings. The molecule has 2 aromatic carbocycles. The Labute approximate surface area is 168 Å². The Morgan fingerprint density at radius 3 is 2.71 bits per heavy atom. The van der Waals surface area contributed by atoms with E-state index in [1.807, 2.05) is 30.3 Å². The molecule has 1 aliphatic heterocycles. The number of hydrogen-bond donors (Lipinski definition) is 1. The van der Waals surface area contributed by atoms with E-state index in [1.54, 1.807) is 19.4 Å². The lowest BCUT2D eigenvalue weighted by Crippen LogP contribution is -2.36. The van der Waals surface area contributed by atoms with Gasteiger partial charge in [-0.1, -0.05) is 30.3 Å². The summed E-state index contributed by atoms with van der Waals surface area (Å²) in [5.41, 5.74) is 1.91. The summed E-state index contributed by atoms with van der Waals surface area (Å²) in [4.78, 5) is 4.60. The van der Waals surface area contributed by atoms with Gasteiger partial charge in [0.1, 0.15) is 11.5 Å². The molecule has 0 spiro atoms.